The second kappa shape index (κ2) is 6.73. The third-order valence-corrected chi connectivity index (χ3v) is 8.16. The van der Waals surface area contributed by atoms with Crippen molar-refractivity contribution in [3.63, 3.8) is 0 Å². The summed E-state index contributed by atoms with van der Waals surface area (Å²) in [6, 6.07) is 3.32. The zero-order chi connectivity index (χ0) is 18.2. The summed E-state index contributed by atoms with van der Waals surface area (Å²) < 4.78 is 56.0. The number of nitrogens with zero attached hydrogens (tertiary/aromatic N) is 3. The number of hydrogen-bond acceptors (Lipinski definition) is 6. The van der Waals surface area contributed by atoms with Crippen molar-refractivity contribution in [2.45, 2.75) is 37.0 Å². The van der Waals surface area contributed by atoms with E-state index < -0.39 is 20.0 Å². The molecule has 10 heteroatoms. The van der Waals surface area contributed by atoms with Gasteiger partial charge in [-0.05, 0) is 31.7 Å². The van der Waals surface area contributed by atoms with Crippen molar-refractivity contribution >= 4 is 25.7 Å². The van der Waals surface area contributed by atoms with Crippen molar-refractivity contribution in [1.82, 2.24) is 9.29 Å². The van der Waals surface area contributed by atoms with Gasteiger partial charge in [-0.1, -0.05) is 0 Å². The van der Waals surface area contributed by atoms with Crippen LogP contribution in [0, 0.1) is 0 Å². The third-order valence-electron chi connectivity index (χ3n) is 4.57. The Morgan fingerprint density at radius 2 is 1.76 bits per heavy atom. The minimum Gasteiger partial charge on any atom is -0.474 e. The molecule has 0 amide bonds. The van der Waals surface area contributed by atoms with Gasteiger partial charge in [0.1, 0.15) is 6.10 Å². The second-order valence-corrected chi connectivity index (χ2v) is 10.8. The van der Waals surface area contributed by atoms with Gasteiger partial charge < -0.3 is 4.74 Å². The van der Waals surface area contributed by atoms with E-state index in [9.17, 15) is 16.8 Å². The normalized spacial score (nSPS) is 20.4. The predicted octanol–water partition coefficient (Wildman–Crippen LogP) is 0.813. The summed E-state index contributed by atoms with van der Waals surface area (Å²) in [5.74, 6) is 0.416. The van der Waals surface area contributed by atoms with E-state index in [2.05, 4.69) is 4.98 Å². The number of ether oxygens (including phenoxy) is 1. The zero-order valence-electron chi connectivity index (χ0n) is 14.3. The van der Waals surface area contributed by atoms with E-state index in [1.807, 2.05) is 0 Å². The van der Waals surface area contributed by atoms with Gasteiger partial charge in [0.05, 0.1) is 23.4 Å². The smallest absolute Gasteiger partial charge is 0.237 e. The molecule has 0 bridgehead atoms. The lowest BCUT2D eigenvalue weighted by molar-refractivity contribution is 0.130. The van der Waals surface area contributed by atoms with Crippen LogP contribution < -0.4 is 9.04 Å². The van der Waals surface area contributed by atoms with Crippen molar-refractivity contribution in [2.24, 2.45) is 0 Å². The van der Waals surface area contributed by atoms with Crippen molar-refractivity contribution < 1.29 is 21.6 Å². The molecular weight excluding hydrogens is 366 g/mol. The summed E-state index contributed by atoms with van der Waals surface area (Å²) in [6.45, 7) is 0.869. The highest BCUT2D eigenvalue weighted by Crippen LogP contribution is 2.32. The van der Waals surface area contributed by atoms with E-state index in [0.29, 0.717) is 50.3 Å². The fraction of sp³-hybridized carbons (Fsp3) is 0.667. The summed E-state index contributed by atoms with van der Waals surface area (Å²) >= 11 is 0. The van der Waals surface area contributed by atoms with Gasteiger partial charge in [0.25, 0.3) is 0 Å². The highest BCUT2D eigenvalue weighted by atomic mass is 32.2. The van der Waals surface area contributed by atoms with Gasteiger partial charge in [-0.25, -0.2) is 26.1 Å². The van der Waals surface area contributed by atoms with E-state index in [1.54, 1.807) is 12.1 Å². The minimum absolute atomic E-state index is 0.0933. The molecule has 1 saturated heterocycles. The van der Waals surface area contributed by atoms with Gasteiger partial charge in [-0.2, -0.15) is 0 Å². The van der Waals surface area contributed by atoms with Crippen LogP contribution in [-0.4, -0.2) is 63.9 Å². The lowest BCUT2D eigenvalue weighted by Crippen LogP contribution is -2.41. The van der Waals surface area contributed by atoms with Crippen molar-refractivity contribution in [3.8, 4) is 5.88 Å². The highest BCUT2D eigenvalue weighted by molar-refractivity contribution is 7.93. The molecular formula is C15H23N3O5S2. The maximum Gasteiger partial charge on any atom is 0.237 e. The van der Waals surface area contributed by atoms with E-state index >= 15 is 0 Å². The highest BCUT2D eigenvalue weighted by Gasteiger charge is 2.39. The molecule has 0 radical (unpaired) electrons. The Labute approximate surface area is 148 Å². The van der Waals surface area contributed by atoms with Gasteiger partial charge in [-0.3, -0.25) is 4.31 Å². The number of aromatic nitrogens is 1. The van der Waals surface area contributed by atoms with E-state index in [0.717, 1.165) is 0 Å². The molecule has 0 atom stereocenters. The molecule has 2 fully saturated rings. The van der Waals surface area contributed by atoms with Gasteiger partial charge in [0.15, 0.2) is 0 Å². The zero-order valence-corrected chi connectivity index (χ0v) is 16.0. The predicted molar refractivity (Wildman–Crippen MR) is 94.6 cm³/mol. The Hall–Kier alpha value is -1.39. The number of hydrogen-bond donors (Lipinski definition) is 0. The van der Waals surface area contributed by atoms with Crippen LogP contribution in [-0.2, 0) is 20.0 Å². The molecule has 25 heavy (non-hydrogen) atoms. The first kappa shape index (κ1) is 18.4. The molecule has 0 unspecified atom stereocenters. The van der Waals surface area contributed by atoms with Crippen LogP contribution in [0.5, 0.6) is 5.88 Å². The standard InChI is InChI=1S/C15H23N3O5S2/c1-17(25(21,22)14-4-5-14)12-3-6-15(16-11-12)23-13-7-9-18(10-8-13)24(2,19)20/h3,6,11,13-14H,4-5,7-10H2,1-2H3. The van der Waals surface area contributed by atoms with E-state index in [-0.39, 0.29) is 11.4 Å². The number of anilines is 1. The van der Waals surface area contributed by atoms with Gasteiger partial charge in [0, 0.05) is 26.2 Å². The molecule has 0 N–H and O–H groups in total. The maximum atomic E-state index is 12.2. The molecule has 1 aliphatic heterocycles. The summed E-state index contributed by atoms with van der Waals surface area (Å²) in [5.41, 5.74) is 0.506. The van der Waals surface area contributed by atoms with Crippen LogP contribution in [0.1, 0.15) is 25.7 Å². The van der Waals surface area contributed by atoms with Crippen LogP contribution in [0.2, 0.25) is 0 Å². The van der Waals surface area contributed by atoms with Crippen LogP contribution in [0.15, 0.2) is 18.3 Å². The first-order valence-electron chi connectivity index (χ1n) is 8.23. The largest absolute Gasteiger partial charge is 0.474 e. The Balaban J connectivity index is 1.58. The maximum absolute atomic E-state index is 12.2. The molecule has 0 aromatic carbocycles. The summed E-state index contributed by atoms with van der Waals surface area (Å²) in [7, 11) is -4.91. The molecule has 2 aliphatic rings. The average molecular weight is 389 g/mol. The van der Waals surface area contributed by atoms with Crippen molar-refractivity contribution in [1.29, 1.82) is 0 Å². The van der Waals surface area contributed by atoms with Crippen LogP contribution in [0.4, 0.5) is 5.69 Å². The fourth-order valence-corrected chi connectivity index (χ4v) is 5.27. The van der Waals surface area contributed by atoms with Crippen LogP contribution >= 0.6 is 0 Å². The first-order valence-corrected chi connectivity index (χ1v) is 11.6. The molecule has 1 aromatic rings. The Bertz CT molecular complexity index is 811. The quantitative estimate of drug-likeness (QED) is 0.714. The molecule has 2 heterocycles. The summed E-state index contributed by atoms with van der Waals surface area (Å²) in [6.07, 6.45) is 5.24. The molecule has 1 aromatic heterocycles. The Morgan fingerprint density at radius 1 is 1.12 bits per heavy atom. The van der Waals surface area contributed by atoms with Gasteiger partial charge in [-0.15, -0.1) is 0 Å². The minimum atomic E-state index is -3.29. The molecule has 3 rings (SSSR count). The number of piperidine rings is 1. The fourth-order valence-electron chi connectivity index (χ4n) is 2.82. The molecule has 1 saturated carbocycles. The van der Waals surface area contributed by atoms with Crippen LogP contribution in [0.25, 0.3) is 0 Å². The second-order valence-electron chi connectivity index (χ2n) is 6.55. The van der Waals surface area contributed by atoms with Crippen molar-refractivity contribution in [3.05, 3.63) is 18.3 Å². The lowest BCUT2D eigenvalue weighted by Gasteiger charge is -2.30. The van der Waals surface area contributed by atoms with Crippen molar-refractivity contribution in [2.75, 3.05) is 30.7 Å². The molecule has 8 nitrogen and oxygen atoms in total. The summed E-state index contributed by atoms with van der Waals surface area (Å²) in [5, 5.41) is -0.270. The Kier molecular flexibility index (Phi) is 4.95. The molecule has 0 spiro atoms. The summed E-state index contributed by atoms with van der Waals surface area (Å²) in [4.78, 5) is 4.19. The molecule has 140 valence electrons. The lowest BCUT2D eigenvalue weighted by atomic mass is 10.1. The van der Waals surface area contributed by atoms with E-state index in [4.69, 9.17) is 4.74 Å². The van der Waals surface area contributed by atoms with Gasteiger partial charge in [0.2, 0.25) is 25.9 Å². The van der Waals surface area contributed by atoms with E-state index in [1.165, 1.54) is 28.1 Å². The SMILES string of the molecule is CN(c1ccc(OC2CCN(S(C)(=O)=O)CC2)nc1)S(=O)(=O)C1CC1. The monoisotopic (exact) mass is 389 g/mol. The number of rotatable bonds is 6. The topological polar surface area (TPSA) is 96.9 Å². The average Bonchev–Trinajstić information content (AvgIpc) is 3.40. The first-order chi connectivity index (χ1) is 11.7. The number of pyridine rings is 1. The number of sulfonamides is 2. The Morgan fingerprint density at radius 3 is 2.24 bits per heavy atom. The van der Waals surface area contributed by atoms with Gasteiger partial charge >= 0.3 is 0 Å². The van der Waals surface area contributed by atoms with Crippen LogP contribution in [0.3, 0.4) is 0 Å². The third kappa shape index (κ3) is 4.24. The molecule has 1 aliphatic carbocycles.